The third-order valence-electron chi connectivity index (χ3n) is 3.92. The zero-order valence-corrected chi connectivity index (χ0v) is 14.4. The minimum absolute atomic E-state index is 0.775. The number of benzene rings is 1. The van der Waals surface area contributed by atoms with Crippen molar-refractivity contribution in [3.8, 4) is 17.0 Å². The minimum Gasteiger partial charge on any atom is -0.493 e. The van der Waals surface area contributed by atoms with E-state index in [4.69, 9.17) is 4.74 Å². The fraction of sp³-hybridized carbons (Fsp3) is 0.526. The molecule has 0 aliphatic rings. The average Bonchev–Trinajstić information content (AvgIpc) is 3.03. The van der Waals surface area contributed by atoms with E-state index in [2.05, 4.69) is 34.6 Å². The molecular formula is C19H29N3O. The van der Waals surface area contributed by atoms with Crippen molar-refractivity contribution in [2.45, 2.75) is 52.0 Å². The molecule has 2 N–H and O–H groups in total. The highest BCUT2D eigenvalue weighted by Gasteiger charge is 2.09. The zero-order valence-electron chi connectivity index (χ0n) is 14.4. The Morgan fingerprint density at radius 3 is 2.70 bits per heavy atom. The van der Waals surface area contributed by atoms with Gasteiger partial charge in [-0.3, -0.25) is 5.10 Å². The van der Waals surface area contributed by atoms with E-state index in [9.17, 15) is 0 Å². The van der Waals surface area contributed by atoms with Crippen LogP contribution in [0.25, 0.3) is 11.3 Å². The third-order valence-corrected chi connectivity index (χ3v) is 3.92. The monoisotopic (exact) mass is 315 g/mol. The van der Waals surface area contributed by atoms with Gasteiger partial charge in [0.1, 0.15) is 5.75 Å². The van der Waals surface area contributed by atoms with Crippen molar-refractivity contribution < 1.29 is 4.74 Å². The van der Waals surface area contributed by atoms with Gasteiger partial charge in [-0.15, -0.1) is 0 Å². The van der Waals surface area contributed by atoms with Crippen molar-refractivity contribution in [3.05, 3.63) is 36.0 Å². The topological polar surface area (TPSA) is 49.9 Å². The molecule has 0 unspecified atom stereocenters. The SMILES string of the molecule is CCCCCCCCOc1ccccc1-c1cc(CNC)[nH]n1. The quantitative estimate of drug-likeness (QED) is 0.599. The summed E-state index contributed by atoms with van der Waals surface area (Å²) >= 11 is 0. The summed E-state index contributed by atoms with van der Waals surface area (Å²) in [5.74, 6) is 0.920. The molecular weight excluding hydrogens is 286 g/mol. The highest BCUT2D eigenvalue weighted by atomic mass is 16.5. The van der Waals surface area contributed by atoms with E-state index >= 15 is 0 Å². The lowest BCUT2D eigenvalue weighted by atomic mass is 10.1. The summed E-state index contributed by atoms with van der Waals surface area (Å²) in [6.45, 7) is 3.81. The second-order valence-corrected chi connectivity index (χ2v) is 5.92. The molecule has 1 aromatic heterocycles. The first-order valence-electron chi connectivity index (χ1n) is 8.76. The summed E-state index contributed by atoms with van der Waals surface area (Å²) in [5.41, 5.74) is 3.07. The average molecular weight is 315 g/mol. The van der Waals surface area contributed by atoms with E-state index in [-0.39, 0.29) is 0 Å². The van der Waals surface area contributed by atoms with Crippen LogP contribution in [0.15, 0.2) is 30.3 Å². The number of hydrogen-bond donors (Lipinski definition) is 2. The molecule has 2 aromatic rings. The predicted octanol–water partition coefficient (Wildman–Crippen LogP) is 4.54. The largest absolute Gasteiger partial charge is 0.493 e. The lowest BCUT2D eigenvalue weighted by Crippen LogP contribution is -2.04. The van der Waals surface area contributed by atoms with Crippen molar-refractivity contribution >= 4 is 0 Å². The molecule has 2 rings (SSSR count). The standard InChI is InChI=1S/C19H29N3O/c1-3-4-5-6-7-10-13-23-19-12-9-8-11-17(19)18-14-16(15-20-2)21-22-18/h8-9,11-12,14,20H,3-7,10,13,15H2,1-2H3,(H,21,22). The van der Waals surface area contributed by atoms with Crippen molar-refractivity contribution in [3.63, 3.8) is 0 Å². The number of H-pyrrole nitrogens is 1. The van der Waals surface area contributed by atoms with Crippen LogP contribution in [-0.2, 0) is 6.54 Å². The third kappa shape index (κ3) is 5.71. The Labute approximate surface area is 139 Å². The molecule has 0 saturated heterocycles. The highest BCUT2D eigenvalue weighted by molar-refractivity contribution is 5.67. The van der Waals surface area contributed by atoms with Gasteiger partial charge in [0.25, 0.3) is 0 Å². The molecule has 4 heteroatoms. The van der Waals surface area contributed by atoms with Gasteiger partial charge in [-0.2, -0.15) is 5.10 Å². The first kappa shape index (κ1) is 17.5. The van der Waals surface area contributed by atoms with Gasteiger partial charge in [-0.25, -0.2) is 0 Å². The predicted molar refractivity (Wildman–Crippen MR) is 95.7 cm³/mol. The summed E-state index contributed by atoms with van der Waals surface area (Å²) in [4.78, 5) is 0. The van der Waals surface area contributed by atoms with E-state index in [0.717, 1.165) is 42.3 Å². The minimum atomic E-state index is 0.775. The van der Waals surface area contributed by atoms with E-state index in [0.29, 0.717) is 0 Å². The Morgan fingerprint density at radius 1 is 1.09 bits per heavy atom. The van der Waals surface area contributed by atoms with Crippen molar-refractivity contribution in [1.29, 1.82) is 0 Å². The van der Waals surface area contributed by atoms with E-state index in [1.807, 2.05) is 25.2 Å². The second kappa shape index (κ2) is 10.1. The molecule has 0 radical (unpaired) electrons. The Kier molecular flexibility index (Phi) is 7.67. The Hall–Kier alpha value is -1.81. The summed E-state index contributed by atoms with van der Waals surface area (Å²) in [6.07, 6.45) is 7.65. The number of aromatic nitrogens is 2. The smallest absolute Gasteiger partial charge is 0.128 e. The maximum atomic E-state index is 6.00. The number of nitrogens with one attached hydrogen (secondary N) is 2. The molecule has 0 amide bonds. The lowest BCUT2D eigenvalue weighted by Gasteiger charge is -2.10. The van der Waals surface area contributed by atoms with Gasteiger partial charge < -0.3 is 10.1 Å². The van der Waals surface area contributed by atoms with Crippen LogP contribution in [0, 0.1) is 0 Å². The molecule has 126 valence electrons. The molecule has 0 aliphatic carbocycles. The van der Waals surface area contributed by atoms with Gasteiger partial charge in [-0.1, -0.05) is 51.2 Å². The number of rotatable bonds is 11. The Balaban J connectivity index is 1.87. The van der Waals surface area contributed by atoms with Crippen LogP contribution in [0.4, 0.5) is 0 Å². The first-order valence-corrected chi connectivity index (χ1v) is 8.76. The van der Waals surface area contributed by atoms with Crippen LogP contribution in [-0.4, -0.2) is 23.9 Å². The number of para-hydroxylation sites is 1. The normalized spacial score (nSPS) is 10.9. The summed E-state index contributed by atoms with van der Waals surface area (Å²) in [6, 6.07) is 10.2. The van der Waals surface area contributed by atoms with Crippen molar-refractivity contribution in [2.24, 2.45) is 0 Å². The fourth-order valence-corrected chi connectivity index (χ4v) is 2.65. The van der Waals surface area contributed by atoms with Gasteiger partial charge in [-0.05, 0) is 31.7 Å². The molecule has 1 aromatic carbocycles. The zero-order chi connectivity index (χ0) is 16.3. The molecule has 0 saturated carbocycles. The molecule has 0 bridgehead atoms. The van der Waals surface area contributed by atoms with Gasteiger partial charge in [0, 0.05) is 17.8 Å². The maximum absolute atomic E-state index is 6.00. The van der Waals surface area contributed by atoms with Gasteiger partial charge in [0.2, 0.25) is 0 Å². The summed E-state index contributed by atoms with van der Waals surface area (Å²) in [5, 5.41) is 10.6. The van der Waals surface area contributed by atoms with Crippen LogP contribution in [0.2, 0.25) is 0 Å². The Morgan fingerprint density at radius 2 is 1.87 bits per heavy atom. The highest BCUT2D eigenvalue weighted by Crippen LogP contribution is 2.29. The number of hydrogen-bond acceptors (Lipinski definition) is 3. The molecule has 0 aliphatic heterocycles. The van der Waals surface area contributed by atoms with E-state index in [1.165, 1.54) is 32.1 Å². The molecule has 23 heavy (non-hydrogen) atoms. The summed E-state index contributed by atoms with van der Waals surface area (Å²) < 4.78 is 6.00. The maximum Gasteiger partial charge on any atom is 0.128 e. The van der Waals surface area contributed by atoms with E-state index in [1.54, 1.807) is 0 Å². The molecule has 1 heterocycles. The van der Waals surface area contributed by atoms with Gasteiger partial charge >= 0.3 is 0 Å². The fourth-order valence-electron chi connectivity index (χ4n) is 2.65. The Bertz CT molecular complexity index is 565. The van der Waals surface area contributed by atoms with Crippen LogP contribution in [0.5, 0.6) is 5.75 Å². The number of unbranched alkanes of at least 4 members (excludes halogenated alkanes) is 5. The van der Waals surface area contributed by atoms with Gasteiger partial charge in [0.05, 0.1) is 12.3 Å². The molecule has 4 nitrogen and oxygen atoms in total. The number of ether oxygens (including phenoxy) is 1. The van der Waals surface area contributed by atoms with Crippen LogP contribution < -0.4 is 10.1 Å². The molecule has 0 fully saturated rings. The van der Waals surface area contributed by atoms with Crippen LogP contribution in [0.1, 0.15) is 51.1 Å². The molecule has 0 atom stereocenters. The van der Waals surface area contributed by atoms with Crippen LogP contribution >= 0.6 is 0 Å². The molecule has 0 spiro atoms. The number of nitrogens with zero attached hydrogens (tertiary/aromatic N) is 1. The summed E-state index contributed by atoms with van der Waals surface area (Å²) in [7, 11) is 1.93. The number of aromatic amines is 1. The van der Waals surface area contributed by atoms with Crippen LogP contribution in [0.3, 0.4) is 0 Å². The van der Waals surface area contributed by atoms with Gasteiger partial charge in [0.15, 0.2) is 0 Å². The van der Waals surface area contributed by atoms with Crippen molar-refractivity contribution in [1.82, 2.24) is 15.5 Å². The first-order chi connectivity index (χ1) is 11.3. The van der Waals surface area contributed by atoms with Crippen molar-refractivity contribution in [2.75, 3.05) is 13.7 Å². The lowest BCUT2D eigenvalue weighted by molar-refractivity contribution is 0.305. The van der Waals surface area contributed by atoms with E-state index < -0.39 is 0 Å². The second-order valence-electron chi connectivity index (χ2n) is 5.92.